The van der Waals surface area contributed by atoms with Crippen LogP contribution in [0.3, 0.4) is 0 Å². The quantitative estimate of drug-likeness (QED) is 0.846. The molecule has 1 unspecified atom stereocenters. The fraction of sp³-hybridized carbons (Fsp3) is 0.562. The molecule has 2 rings (SSSR count). The second-order valence-electron chi connectivity index (χ2n) is 5.24. The van der Waals surface area contributed by atoms with E-state index in [2.05, 4.69) is 18.2 Å². The Labute approximate surface area is 121 Å². The van der Waals surface area contributed by atoms with E-state index in [9.17, 15) is 4.79 Å². The summed E-state index contributed by atoms with van der Waals surface area (Å²) in [6, 6.07) is 8.44. The molecule has 4 heteroatoms. The predicted octanol–water partition coefficient (Wildman–Crippen LogP) is 2.52. The van der Waals surface area contributed by atoms with Gasteiger partial charge < -0.3 is 14.5 Å². The highest BCUT2D eigenvalue weighted by atomic mass is 16.5. The summed E-state index contributed by atoms with van der Waals surface area (Å²) in [6.45, 7) is 6.78. The summed E-state index contributed by atoms with van der Waals surface area (Å²) in [5.41, 5.74) is 2.61. The zero-order valence-corrected chi connectivity index (χ0v) is 12.6. The molecule has 0 aromatic heterocycles. The van der Waals surface area contributed by atoms with E-state index >= 15 is 0 Å². The van der Waals surface area contributed by atoms with Crippen molar-refractivity contribution in [2.45, 2.75) is 33.0 Å². The summed E-state index contributed by atoms with van der Waals surface area (Å²) in [7, 11) is 1.85. The van der Waals surface area contributed by atoms with Gasteiger partial charge in [0.2, 0.25) is 0 Å². The molecule has 1 aliphatic rings. The first kappa shape index (κ1) is 14.9. The number of urea groups is 1. The Balaban J connectivity index is 1.93. The Morgan fingerprint density at radius 2 is 1.90 bits per heavy atom. The second-order valence-corrected chi connectivity index (χ2v) is 5.24. The SMILES string of the molecule is CCN(CC)C(=O)N(C)CC1Cc2ccccc2CO1. The van der Waals surface area contributed by atoms with E-state index in [0.717, 1.165) is 19.5 Å². The molecule has 0 bridgehead atoms. The molecule has 4 nitrogen and oxygen atoms in total. The molecule has 0 saturated carbocycles. The Kier molecular flexibility index (Phi) is 5.01. The summed E-state index contributed by atoms with van der Waals surface area (Å²) >= 11 is 0. The molecule has 0 radical (unpaired) electrons. The Hall–Kier alpha value is -1.55. The molecular weight excluding hydrogens is 252 g/mol. The van der Waals surface area contributed by atoms with Crippen LogP contribution in [0.25, 0.3) is 0 Å². The molecule has 1 atom stereocenters. The van der Waals surface area contributed by atoms with E-state index in [4.69, 9.17) is 4.74 Å². The molecule has 20 heavy (non-hydrogen) atoms. The number of carbonyl (C=O) groups is 1. The van der Waals surface area contributed by atoms with Gasteiger partial charge in [0.15, 0.2) is 0 Å². The van der Waals surface area contributed by atoms with Crippen LogP contribution in [0, 0.1) is 0 Å². The normalized spacial score (nSPS) is 17.4. The minimum absolute atomic E-state index is 0.0810. The molecule has 110 valence electrons. The van der Waals surface area contributed by atoms with Crippen molar-refractivity contribution in [2.75, 3.05) is 26.7 Å². The molecule has 1 aliphatic heterocycles. The molecule has 2 amide bonds. The molecule has 0 aliphatic carbocycles. The van der Waals surface area contributed by atoms with Crippen LogP contribution in [0.5, 0.6) is 0 Å². The van der Waals surface area contributed by atoms with Crippen molar-refractivity contribution in [3.63, 3.8) is 0 Å². The minimum Gasteiger partial charge on any atom is -0.371 e. The fourth-order valence-electron chi connectivity index (χ4n) is 2.65. The van der Waals surface area contributed by atoms with Crippen molar-refractivity contribution in [1.82, 2.24) is 9.80 Å². The molecule has 0 N–H and O–H groups in total. The summed E-state index contributed by atoms with van der Waals surface area (Å²) in [5, 5.41) is 0. The van der Waals surface area contributed by atoms with Crippen molar-refractivity contribution in [1.29, 1.82) is 0 Å². The number of rotatable bonds is 4. The number of hydrogen-bond donors (Lipinski definition) is 0. The molecule has 0 saturated heterocycles. The zero-order valence-electron chi connectivity index (χ0n) is 12.6. The van der Waals surface area contributed by atoms with Gasteiger partial charge in [0, 0.05) is 33.1 Å². The van der Waals surface area contributed by atoms with Gasteiger partial charge in [0.1, 0.15) is 0 Å². The van der Waals surface area contributed by atoms with Crippen LogP contribution in [0.15, 0.2) is 24.3 Å². The molecule has 1 aromatic carbocycles. The van der Waals surface area contributed by atoms with E-state index in [-0.39, 0.29) is 12.1 Å². The fourth-order valence-corrected chi connectivity index (χ4v) is 2.65. The smallest absolute Gasteiger partial charge is 0.319 e. The molecule has 1 aromatic rings. The van der Waals surface area contributed by atoms with Crippen LogP contribution in [0.2, 0.25) is 0 Å². The topological polar surface area (TPSA) is 32.8 Å². The van der Waals surface area contributed by atoms with Gasteiger partial charge in [0.25, 0.3) is 0 Å². The zero-order chi connectivity index (χ0) is 14.5. The number of ether oxygens (including phenoxy) is 1. The number of hydrogen-bond acceptors (Lipinski definition) is 2. The van der Waals surface area contributed by atoms with E-state index in [1.165, 1.54) is 11.1 Å². The Bertz CT molecular complexity index is 458. The van der Waals surface area contributed by atoms with Crippen LogP contribution >= 0.6 is 0 Å². The van der Waals surface area contributed by atoms with Crippen molar-refractivity contribution >= 4 is 6.03 Å². The van der Waals surface area contributed by atoms with Gasteiger partial charge in [-0.2, -0.15) is 0 Å². The maximum atomic E-state index is 12.2. The second kappa shape index (κ2) is 6.75. The maximum absolute atomic E-state index is 12.2. The van der Waals surface area contributed by atoms with Gasteiger partial charge in [-0.05, 0) is 25.0 Å². The number of amides is 2. The number of nitrogens with zero attached hydrogens (tertiary/aromatic N) is 2. The van der Waals surface area contributed by atoms with Gasteiger partial charge in [0.05, 0.1) is 12.7 Å². The number of carbonyl (C=O) groups excluding carboxylic acids is 1. The number of likely N-dealkylation sites (N-methyl/N-ethyl adjacent to an activating group) is 1. The minimum atomic E-state index is 0.0810. The lowest BCUT2D eigenvalue weighted by atomic mass is 9.99. The summed E-state index contributed by atoms with van der Waals surface area (Å²) in [6.07, 6.45) is 0.973. The monoisotopic (exact) mass is 276 g/mol. The standard InChI is InChI=1S/C16H24N2O2/c1-4-18(5-2)16(19)17(3)11-15-10-13-8-6-7-9-14(13)12-20-15/h6-9,15H,4-5,10-12H2,1-3H3. The third-order valence-corrected chi connectivity index (χ3v) is 3.88. The van der Waals surface area contributed by atoms with Crippen LogP contribution in [-0.2, 0) is 17.8 Å². The number of benzene rings is 1. The van der Waals surface area contributed by atoms with Crippen LogP contribution in [0.1, 0.15) is 25.0 Å². The summed E-state index contributed by atoms with van der Waals surface area (Å²) in [5.74, 6) is 0. The van der Waals surface area contributed by atoms with Gasteiger partial charge in [-0.15, -0.1) is 0 Å². The lowest BCUT2D eigenvalue weighted by molar-refractivity contribution is 0.0127. The predicted molar refractivity (Wildman–Crippen MR) is 79.7 cm³/mol. The maximum Gasteiger partial charge on any atom is 0.319 e. The van der Waals surface area contributed by atoms with Crippen LogP contribution < -0.4 is 0 Å². The van der Waals surface area contributed by atoms with Gasteiger partial charge in [-0.1, -0.05) is 24.3 Å². The van der Waals surface area contributed by atoms with E-state index in [1.54, 1.807) is 4.90 Å². The largest absolute Gasteiger partial charge is 0.371 e. The summed E-state index contributed by atoms with van der Waals surface area (Å²) < 4.78 is 5.86. The first-order valence-electron chi connectivity index (χ1n) is 7.34. The van der Waals surface area contributed by atoms with Crippen LogP contribution in [-0.4, -0.2) is 48.6 Å². The highest BCUT2D eigenvalue weighted by Crippen LogP contribution is 2.20. The summed E-state index contributed by atoms with van der Waals surface area (Å²) in [4.78, 5) is 15.8. The molecule has 0 fully saturated rings. The van der Waals surface area contributed by atoms with Crippen molar-refractivity contribution < 1.29 is 9.53 Å². The lowest BCUT2D eigenvalue weighted by Crippen LogP contribution is -2.45. The van der Waals surface area contributed by atoms with Crippen molar-refractivity contribution in [3.8, 4) is 0 Å². The third kappa shape index (κ3) is 3.31. The highest BCUT2D eigenvalue weighted by molar-refractivity contribution is 5.74. The Morgan fingerprint density at radius 1 is 1.25 bits per heavy atom. The lowest BCUT2D eigenvalue weighted by Gasteiger charge is -2.31. The van der Waals surface area contributed by atoms with Gasteiger partial charge in [-0.3, -0.25) is 0 Å². The molecular formula is C16H24N2O2. The molecule has 1 heterocycles. The number of fused-ring (bicyclic) bond motifs is 1. The highest BCUT2D eigenvalue weighted by Gasteiger charge is 2.23. The average Bonchev–Trinajstić information content (AvgIpc) is 2.48. The van der Waals surface area contributed by atoms with Crippen molar-refractivity contribution in [2.24, 2.45) is 0 Å². The van der Waals surface area contributed by atoms with E-state index in [1.807, 2.05) is 31.9 Å². The Morgan fingerprint density at radius 3 is 2.55 bits per heavy atom. The first-order valence-corrected chi connectivity index (χ1v) is 7.34. The third-order valence-electron chi connectivity index (χ3n) is 3.88. The van der Waals surface area contributed by atoms with E-state index < -0.39 is 0 Å². The van der Waals surface area contributed by atoms with Crippen molar-refractivity contribution in [3.05, 3.63) is 35.4 Å². The van der Waals surface area contributed by atoms with E-state index in [0.29, 0.717) is 13.2 Å². The first-order chi connectivity index (χ1) is 9.65. The van der Waals surface area contributed by atoms with Gasteiger partial charge in [-0.25, -0.2) is 4.79 Å². The molecule has 0 spiro atoms. The average molecular weight is 276 g/mol. The van der Waals surface area contributed by atoms with Crippen LogP contribution in [0.4, 0.5) is 4.79 Å². The van der Waals surface area contributed by atoms with Gasteiger partial charge >= 0.3 is 6.03 Å².